The fraction of sp³-hybridized carbons (Fsp3) is 0.500. The first kappa shape index (κ1) is 13.7. The summed E-state index contributed by atoms with van der Waals surface area (Å²) < 4.78 is 10.2. The van der Waals surface area contributed by atoms with E-state index in [-0.39, 0.29) is 12.5 Å². The smallest absolute Gasteiger partial charge is 0.332 e. The number of methoxy groups -OCH3 is 2. The van der Waals surface area contributed by atoms with Crippen LogP contribution in [-0.2, 0) is 9.53 Å². The summed E-state index contributed by atoms with van der Waals surface area (Å²) in [5.74, 6) is -0.00985. The number of rotatable bonds is 7. The highest BCUT2D eigenvalue weighted by Crippen LogP contribution is 2.42. The van der Waals surface area contributed by atoms with E-state index in [0.29, 0.717) is 0 Å². The molecule has 1 atom stereocenters. The van der Waals surface area contributed by atoms with Gasteiger partial charge in [0, 0.05) is 12.8 Å². The van der Waals surface area contributed by atoms with E-state index in [0.717, 1.165) is 24.3 Å². The van der Waals surface area contributed by atoms with Gasteiger partial charge in [-0.25, -0.2) is 4.79 Å². The molecule has 5 heteroatoms. The molecule has 1 aromatic rings. The van der Waals surface area contributed by atoms with E-state index in [4.69, 9.17) is 9.47 Å². The second kappa shape index (κ2) is 5.48. The normalized spacial score (nSPS) is 17.6. The molecule has 1 aliphatic carbocycles. The van der Waals surface area contributed by atoms with Gasteiger partial charge in [0.05, 0.1) is 13.7 Å². The van der Waals surface area contributed by atoms with E-state index >= 15 is 0 Å². The molecule has 0 aliphatic heterocycles. The molecule has 0 aromatic heterocycles. The molecule has 2 N–H and O–H groups in total. The van der Waals surface area contributed by atoms with Crippen molar-refractivity contribution >= 4 is 11.7 Å². The maximum absolute atomic E-state index is 11.7. The van der Waals surface area contributed by atoms with Crippen molar-refractivity contribution in [1.29, 1.82) is 0 Å². The minimum atomic E-state index is -1.04. The van der Waals surface area contributed by atoms with Crippen molar-refractivity contribution in [2.75, 3.05) is 26.1 Å². The van der Waals surface area contributed by atoms with E-state index in [2.05, 4.69) is 5.32 Å². The molecule has 1 aromatic carbocycles. The molecule has 2 rings (SSSR count). The lowest BCUT2D eigenvalue weighted by Crippen LogP contribution is -2.52. The van der Waals surface area contributed by atoms with Gasteiger partial charge in [-0.3, -0.25) is 0 Å². The number of hydrogen-bond donors (Lipinski definition) is 2. The van der Waals surface area contributed by atoms with E-state index in [1.165, 1.54) is 7.11 Å². The molecule has 1 aliphatic rings. The second-order valence-electron chi connectivity index (χ2n) is 4.84. The van der Waals surface area contributed by atoms with Crippen LogP contribution in [0.15, 0.2) is 24.3 Å². The van der Waals surface area contributed by atoms with Crippen LogP contribution >= 0.6 is 0 Å². The standard InChI is InChI=1S/C14H19NO4/c1-18-9-14(13(16)17,10-3-4-10)15-11-5-7-12(19-2)8-6-11/h5-8,10,15H,3-4,9H2,1-2H3,(H,16,17). The monoisotopic (exact) mass is 265 g/mol. The molecule has 19 heavy (non-hydrogen) atoms. The molecular formula is C14H19NO4. The van der Waals surface area contributed by atoms with Gasteiger partial charge in [0.25, 0.3) is 0 Å². The number of carboxylic acid groups (broad SMARTS) is 1. The van der Waals surface area contributed by atoms with Gasteiger partial charge in [0.2, 0.25) is 0 Å². The van der Waals surface area contributed by atoms with Crippen LogP contribution in [0, 0.1) is 5.92 Å². The van der Waals surface area contributed by atoms with Gasteiger partial charge in [-0.05, 0) is 43.0 Å². The first-order valence-corrected chi connectivity index (χ1v) is 6.27. The van der Waals surface area contributed by atoms with Crippen molar-refractivity contribution < 1.29 is 19.4 Å². The van der Waals surface area contributed by atoms with Crippen LogP contribution in [0.4, 0.5) is 5.69 Å². The van der Waals surface area contributed by atoms with Crippen LogP contribution < -0.4 is 10.1 Å². The van der Waals surface area contributed by atoms with Crippen LogP contribution in [0.1, 0.15) is 12.8 Å². The molecule has 104 valence electrons. The first-order valence-electron chi connectivity index (χ1n) is 6.27. The molecule has 0 amide bonds. The zero-order valence-electron chi connectivity index (χ0n) is 11.2. The highest BCUT2D eigenvalue weighted by atomic mass is 16.5. The summed E-state index contributed by atoms with van der Waals surface area (Å²) in [4.78, 5) is 11.7. The summed E-state index contributed by atoms with van der Waals surface area (Å²) in [5, 5.41) is 12.7. The Hall–Kier alpha value is -1.75. The van der Waals surface area contributed by atoms with Crippen LogP contribution in [0.25, 0.3) is 0 Å². The lowest BCUT2D eigenvalue weighted by atomic mass is 9.93. The molecular weight excluding hydrogens is 246 g/mol. The highest BCUT2D eigenvalue weighted by molar-refractivity contribution is 5.84. The largest absolute Gasteiger partial charge is 0.497 e. The number of hydrogen-bond acceptors (Lipinski definition) is 4. The Morgan fingerprint density at radius 3 is 2.42 bits per heavy atom. The predicted molar refractivity (Wildman–Crippen MR) is 71.6 cm³/mol. The minimum Gasteiger partial charge on any atom is -0.497 e. The van der Waals surface area contributed by atoms with Crippen LogP contribution in [0.5, 0.6) is 5.75 Å². The van der Waals surface area contributed by atoms with Crippen molar-refractivity contribution in [2.45, 2.75) is 18.4 Å². The lowest BCUT2D eigenvalue weighted by molar-refractivity contribution is -0.145. The number of anilines is 1. The van der Waals surface area contributed by atoms with Gasteiger partial charge >= 0.3 is 5.97 Å². The van der Waals surface area contributed by atoms with Gasteiger partial charge in [0.15, 0.2) is 5.54 Å². The summed E-state index contributed by atoms with van der Waals surface area (Å²) in [6.45, 7) is 0.152. The Morgan fingerprint density at radius 2 is 2.00 bits per heavy atom. The number of carboxylic acids is 1. The summed E-state index contributed by atoms with van der Waals surface area (Å²) in [7, 11) is 3.12. The van der Waals surface area contributed by atoms with Gasteiger partial charge in [-0.1, -0.05) is 0 Å². The fourth-order valence-corrected chi connectivity index (χ4v) is 2.28. The maximum Gasteiger partial charge on any atom is 0.332 e. The van der Waals surface area contributed by atoms with Crippen molar-refractivity contribution in [3.8, 4) is 5.75 Å². The first-order chi connectivity index (χ1) is 9.12. The average Bonchev–Trinajstić information content (AvgIpc) is 3.23. The fourth-order valence-electron chi connectivity index (χ4n) is 2.28. The number of carbonyl (C=O) groups is 1. The average molecular weight is 265 g/mol. The molecule has 1 unspecified atom stereocenters. The van der Waals surface area contributed by atoms with Crippen molar-refractivity contribution in [3.05, 3.63) is 24.3 Å². The molecule has 1 saturated carbocycles. The zero-order chi connectivity index (χ0) is 13.9. The van der Waals surface area contributed by atoms with E-state index in [1.54, 1.807) is 19.2 Å². The lowest BCUT2D eigenvalue weighted by Gasteiger charge is -2.31. The summed E-state index contributed by atoms with van der Waals surface area (Å²) in [6, 6.07) is 7.23. The third-order valence-electron chi connectivity index (χ3n) is 3.49. The van der Waals surface area contributed by atoms with E-state index in [9.17, 15) is 9.90 Å². The third kappa shape index (κ3) is 2.81. The number of aliphatic carboxylic acids is 1. The molecule has 0 spiro atoms. The predicted octanol–water partition coefficient (Wildman–Crippen LogP) is 1.99. The van der Waals surface area contributed by atoms with E-state index < -0.39 is 11.5 Å². The molecule has 0 heterocycles. The molecule has 0 bridgehead atoms. The summed E-state index contributed by atoms with van der Waals surface area (Å²) >= 11 is 0. The topological polar surface area (TPSA) is 67.8 Å². The number of benzene rings is 1. The molecule has 5 nitrogen and oxygen atoms in total. The van der Waals surface area contributed by atoms with Gasteiger partial charge in [-0.15, -0.1) is 0 Å². The summed E-state index contributed by atoms with van der Waals surface area (Å²) in [5.41, 5.74) is -0.282. The zero-order valence-corrected chi connectivity index (χ0v) is 11.2. The van der Waals surface area contributed by atoms with Crippen LogP contribution in [0.3, 0.4) is 0 Å². The Balaban J connectivity index is 2.21. The van der Waals surface area contributed by atoms with Crippen molar-refractivity contribution in [1.82, 2.24) is 0 Å². The Bertz CT molecular complexity index is 441. The second-order valence-corrected chi connectivity index (χ2v) is 4.84. The molecule has 0 radical (unpaired) electrons. The van der Waals surface area contributed by atoms with Crippen LogP contribution in [0.2, 0.25) is 0 Å². The Kier molecular flexibility index (Phi) is 3.95. The maximum atomic E-state index is 11.7. The third-order valence-corrected chi connectivity index (χ3v) is 3.49. The molecule has 1 fully saturated rings. The Morgan fingerprint density at radius 1 is 1.37 bits per heavy atom. The van der Waals surface area contributed by atoms with Gasteiger partial charge in [-0.2, -0.15) is 0 Å². The van der Waals surface area contributed by atoms with Crippen LogP contribution in [-0.4, -0.2) is 37.4 Å². The number of ether oxygens (including phenoxy) is 2. The summed E-state index contributed by atoms with van der Waals surface area (Å²) in [6.07, 6.45) is 1.83. The highest BCUT2D eigenvalue weighted by Gasteiger charge is 2.51. The Labute approximate surface area is 112 Å². The molecule has 0 saturated heterocycles. The van der Waals surface area contributed by atoms with Crippen molar-refractivity contribution in [3.63, 3.8) is 0 Å². The van der Waals surface area contributed by atoms with Gasteiger partial charge in [0.1, 0.15) is 5.75 Å². The van der Waals surface area contributed by atoms with Gasteiger partial charge < -0.3 is 19.9 Å². The van der Waals surface area contributed by atoms with E-state index in [1.807, 2.05) is 12.1 Å². The number of nitrogens with one attached hydrogen (secondary N) is 1. The minimum absolute atomic E-state index is 0.118. The quantitative estimate of drug-likeness (QED) is 0.789. The van der Waals surface area contributed by atoms with Crippen molar-refractivity contribution in [2.24, 2.45) is 5.92 Å². The SMILES string of the molecule is COCC(Nc1ccc(OC)cc1)(C(=O)O)C1CC1.